The van der Waals surface area contributed by atoms with Crippen molar-refractivity contribution in [1.29, 1.82) is 0 Å². The summed E-state index contributed by atoms with van der Waals surface area (Å²) in [7, 11) is 0. The zero-order valence-corrected chi connectivity index (χ0v) is 9.57. The van der Waals surface area contributed by atoms with E-state index in [0.717, 1.165) is 16.7 Å². The van der Waals surface area contributed by atoms with Crippen molar-refractivity contribution in [2.45, 2.75) is 31.7 Å². The Labute approximate surface area is 93.4 Å². The fraction of sp³-hybridized carbons (Fsp3) is 0.600. The molecule has 2 rings (SSSR count). The number of rotatable bonds is 5. The highest BCUT2D eigenvalue weighted by atomic mass is 35.5. The van der Waals surface area contributed by atoms with Crippen LogP contribution in [0.4, 0.5) is 0 Å². The molecule has 0 radical (unpaired) electrons. The first-order chi connectivity index (χ1) is 6.79. The maximum Gasteiger partial charge on any atom is 0.0931 e. The first kappa shape index (κ1) is 10.4. The number of thiophene rings is 1. The Morgan fingerprint density at radius 3 is 2.86 bits per heavy atom. The second kappa shape index (κ2) is 4.62. The van der Waals surface area contributed by atoms with Gasteiger partial charge in [-0.2, -0.15) is 0 Å². The number of nitrogens with one attached hydrogen (secondary N) is 1. The average Bonchev–Trinajstić information content (AvgIpc) is 2.90. The molecule has 1 aliphatic rings. The van der Waals surface area contributed by atoms with Crippen molar-refractivity contribution in [1.82, 2.24) is 5.43 Å². The van der Waals surface area contributed by atoms with Crippen molar-refractivity contribution in [2.24, 2.45) is 11.8 Å². The highest BCUT2D eigenvalue weighted by Crippen LogP contribution is 2.37. The van der Waals surface area contributed by atoms with Crippen LogP contribution in [-0.2, 0) is 0 Å². The SMILES string of the molecule is NNC(CCC1CC1)c1ccc(Cl)s1. The Morgan fingerprint density at radius 1 is 1.57 bits per heavy atom. The van der Waals surface area contributed by atoms with Gasteiger partial charge in [-0.25, -0.2) is 0 Å². The minimum Gasteiger partial charge on any atom is -0.271 e. The zero-order valence-electron chi connectivity index (χ0n) is 8.00. The summed E-state index contributed by atoms with van der Waals surface area (Å²) >= 11 is 7.50. The van der Waals surface area contributed by atoms with Gasteiger partial charge >= 0.3 is 0 Å². The molecule has 1 aromatic rings. The van der Waals surface area contributed by atoms with Crippen LogP contribution >= 0.6 is 22.9 Å². The summed E-state index contributed by atoms with van der Waals surface area (Å²) in [5.41, 5.74) is 2.87. The molecule has 1 unspecified atom stereocenters. The van der Waals surface area contributed by atoms with Gasteiger partial charge in [0, 0.05) is 4.88 Å². The molecule has 3 N–H and O–H groups in total. The molecule has 0 bridgehead atoms. The van der Waals surface area contributed by atoms with Crippen molar-refractivity contribution in [3.63, 3.8) is 0 Å². The molecule has 78 valence electrons. The largest absolute Gasteiger partial charge is 0.271 e. The van der Waals surface area contributed by atoms with Crippen LogP contribution in [0, 0.1) is 5.92 Å². The van der Waals surface area contributed by atoms with Crippen LogP contribution in [0.2, 0.25) is 4.34 Å². The van der Waals surface area contributed by atoms with E-state index in [9.17, 15) is 0 Å². The molecule has 1 fully saturated rings. The van der Waals surface area contributed by atoms with Gasteiger partial charge in [-0.15, -0.1) is 11.3 Å². The van der Waals surface area contributed by atoms with Gasteiger partial charge < -0.3 is 0 Å². The Kier molecular flexibility index (Phi) is 3.44. The number of hydrogen-bond acceptors (Lipinski definition) is 3. The van der Waals surface area contributed by atoms with Crippen LogP contribution in [-0.4, -0.2) is 0 Å². The molecule has 2 nitrogen and oxygen atoms in total. The van der Waals surface area contributed by atoms with Crippen molar-refractivity contribution in [3.8, 4) is 0 Å². The van der Waals surface area contributed by atoms with E-state index in [-0.39, 0.29) is 6.04 Å². The quantitative estimate of drug-likeness (QED) is 0.603. The van der Waals surface area contributed by atoms with Gasteiger partial charge in [-0.1, -0.05) is 24.4 Å². The predicted octanol–water partition coefficient (Wildman–Crippen LogP) is 3.10. The molecular formula is C10H15ClN2S. The molecule has 0 saturated heterocycles. The summed E-state index contributed by atoms with van der Waals surface area (Å²) in [6.07, 6.45) is 5.22. The topological polar surface area (TPSA) is 38.0 Å². The van der Waals surface area contributed by atoms with Gasteiger partial charge in [0.05, 0.1) is 10.4 Å². The molecule has 1 aliphatic carbocycles. The second-order valence-electron chi connectivity index (χ2n) is 3.88. The van der Waals surface area contributed by atoms with E-state index in [1.54, 1.807) is 11.3 Å². The van der Waals surface area contributed by atoms with Crippen LogP contribution < -0.4 is 11.3 Å². The van der Waals surface area contributed by atoms with Crippen molar-refractivity contribution in [2.75, 3.05) is 0 Å². The van der Waals surface area contributed by atoms with E-state index < -0.39 is 0 Å². The third kappa shape index (κ3) is 2.70. The third-order valence-corrected chi connectivity index (χ3v) is 4.04. The minimum absolute atomic E-state index is 0.285. The fourth-order valence-corrected chi connectivity index (χ4v) is 2.79. The van der Waals surface area contributed by atoms with Crippen molar-refractivity contribution in [3.05, 3.63) is 21.3 Å². The number of halogens is 1. The summed E-state index contributed by atoms with van der Waals surface area (Å²) in [6.45, 7) is 0. The highest BCUT2D eigenvalue weighted by molar-refractivity contribution is 7.16. The first-order valence-electron chi connectivity index (χ1n) is 5.01. The van der Waals surface area contributed by atoms with Crippen LogP contribution in [0.1, 0.15) is 36.6 Å². The number of nitrogens with two attached hydrogens (primary N) is 1. The molecule has 1 atom stereocenters. The third-order valence-electron chi connectivity index (χ3n) is 2.70. The van der Waals surface area contributed by atoms with E-state index in [1.807, 2.05) is 6.07 Å². The van der Waals surface area contributed by atoms with Crippen molar-refractivity contribution < 1.29 is 0 Å². The molecular weight excluding hydrogens is 216 g/mol. The van der Waals surface area contributed by atoms with E-state index in [1.165, 1.54) is 24.1 Å². The summed E-state index contributed by atoms with van der Waals surface area (Å²) in [5, 5.41) is 0. The van der Waals surface area contributed by atoms with Gasteiger partial charge in [0.15, 0.2) is 0 Å². The van der Waals surface area contributed by atoms with Crippen LogP contribution in [0.3, 0.4) is 0 Å². The van der Waals surface area contributed by atoms with E-state index in [2.05, 4.69) is 11.5 Å². The lowest BCUT2D eigenvalue weighted by Crippen LogP contribution is -2.27. The van der Waals surface area contributed by atoms with Crippen molar-refractivity contribution >= 4 is 22.9 Å². The molecule has 1 saturated carbocycles. The van der Waals surface area contributed by atoms with Crippen LogP contribution in [0.25, 0.3) is 0 Å². The van der Waals surface area contributed by atoms with E-state index in [0.29, 0.717) is 0 Å². The Hall–Kier alpha value is -0.0900. The summed E-state index contributed by atoms with van der Waals surface area (Å²) in [4.78, 5) is 1.25. The van der Waals surface area contributed by atoms with Gasteiger partial charge in [0.25, 0.3) is 0 Å². The van der Waals surface area contributed by atoms with E-state index >= 15 is 0 Å². The maximum absolute atomic E-state index is 5.89. The van der Waals surface area contributed by atoms with Gasteiger partial charge in [-0.3, -0.25) is 11.3 Å². The summed E-state index contributed by atoms with van der Waals surface area (Å²) < 4.78 is 0.840. The lowest BCUT2D eigenvalue weighted by molar-refractivity contribution is 0.488. The lowest BCUT2D eigenvalue weighted by atomic mass is 10.1. The van der Waals surface area contributed by atoms with Gasteiger partial charge in [-0.05, 0) is 30.9 Å². The molecule has 1 aromatic heterocycles. The van der Waals surface area contributed by atoms with Gasteiger partial charge in [0.1, 0.15) is 0 Å². The highest BCUT2D eigenvalue weighted by Gasteiger charge is 2.23. The molecule has 0 aromatic carbocycles. The molecule has 0 aliphatic heterocycles. The normalized spacial score (nSPS) is 18.4. The standard InChI is InChI=1S/C10H15ClN2S/c11-10-6-5-9(14-10)8(13-12)4-3-7-1-2-7/h5-8,13H,1-4,12H2. The summed E-state index contributed by atoms with van der Waals surface area (Å²) in [6, 6.07) is 4.28. The zero-order chi connectivity index (χ0) is 9.97. The maximum atomic E-state index is 5.89. The van der Waals surface area contributed by atoms with Crippen LogP contribution in [0.15, 0.2) is 12.1 Å². The lowest BCUT2D eigenvalue weighted by Gasteiger charge is -2.13. The van der Waals surface area contributed by atoms with E-state index in [4.69, 9.17) is 17.4 Å². The predicted molar refractivity (Wildman–Crippen MR) is 61.4 cm³/mol. The number of hydrogen-bond donors (Lipinski definition) is 2. The Bertz CT molecular complexity index is 296. The van der Waals surface area contributed by atoms with Gasteiger partial charge in [0.2, 0.25) is 0 Å². The molecule has 0 spiro atoms. The minimum atomic E-state index is 0.285. The van der Waals surface area contributed by atoms with Crippen LogP contribution in [0.5, 0.6) is 0 Å². The molecule has 14 heavy (non-hydrogen) atoms. The fourth-order valence-electron chi connectivity index (χ4n) is 1.63. The monoisotopic (exact) mass is 230 g/mol. The molecule has 0 amide bonds. The summed E-state index contributed by atoms with van der Waals surface area (Å²) in [5.74, 6) is 6.49. The smallest absolute Gasteiger partial charge is 0.0931 e. The second-order valence-corrected chi connectivity index (χ2v) is 5.63. The number of hydrazine groups is 1. The first-order valence-corrected chi connectivity index (χ1v) is 6.20. The Morgan fingerprint density at radius 2 is 2.36 bits per heavy atom. The average molecular weight is 231 g/mol. The molecule has 4 heteroatoms. The Balaban J connectivity index is 1.90. The molecule has 1 heterocycles.